The van der Waals surface area contributed by atoms with Crippen molar-refractivity contribution in [2.24, 2.45) is 0 Å². The Morgan fingerprint density at radius 3 is 2.85 bits per heavy atom. The maximum Gasteiger partial charge on any atom is 0.0945 e. The Hall–Kier alpha value is -0.870. The molecule has 2 atom stereocenters. The molecule has 0 bridgehead atoms. The van der Waals surface area contributed by atoms with Crippen molar-refractivity contribution in [1.82, 2.24) is 19.8 Å². The van der Waals surface area contributed by atoms with Gasteiger partial charge in [-0.15, -0.1) is 0 Å². The summed E-state index contributed by atoms with van der Waals surface area (Å²) in [6.45, 7) is 11.5. The number of aryl methyl sites for hydroxylation is 1. The zero-order chi connectivity index (χ0) is 14.4. The van der Waals surface area contributed by atoms with E-state index in [0.717, 1.165) is 13.1 Å². The lowest BCUT2D eigenvalue weighted by Gasteiger charge is -2.46. The number of rotatable bonds is 7. The fourth-order valence-corrected chi connectivity index (χ4v) is 3.12. The molecular weight excluding hydrogens is 248 g/mol. The standard InChI is InChI=1S/C16H30N4/c1-4-7-15-12-18-16(3,5-2)13-20(15)10-6-9-19-11-8-17-14-19/h8,11,14-15,18H,4-7,9-10,12-13H2,1-3H3. The van der Waals surface area contributed by atoms with Crippen LogP contribution in [0.5, 0.6) is 0 Å². The molecule has 1 fully saturated rings. The summed E-state index contributed by atoms with van der Waals surface area (Å²) >= 11 is 0. The Morgan fingerprint density at radius 1 is 1.35 bits per heavy atom. The molecule has 0 spiro atoms. The Morgan fingerprint density at radius 2 is 2.20 bits per heavy atom. The van der Waals surface area contributed by atoms with Gasteiger partial charge in [0.25, 0.3) is 0 Å². The highest BCUT2D eigenvalue weighted by atomic mass is 15.2. The van der Waals surface area contributed by atoms with Gasteiger partial charge in [-0.05, 0) is 26.2 Å². The number of imidazole rings is 1. The summed E-state index contributed by atoms with van der Waals surface area (Å²) in [6, 6.07) is 0.711. The highest BCUT2D eigenvalue weighted by molar-refractivity contribution is 4.94. The van der Waals surface area contributed by atoms with Gasteiger partial charge in [0.1, 0.15) is 0 Å². The molecule has 1 aromatic rings. The highest BCUT2D eigenvalue weighted by Crippen LogP contribution is 2.21. The summed E-state index contributed by atoms with van der Waals surface area (Å²) in [6.07, 6.45) is 10.8. The monoisotopic (exact) mass is 278 g/mol. The van der Waals surface area contributed by atoms with E-state index in [-0.39, 0.29) is 0 Å². The van der Waals surface area contributed by atoms with E-state index in [4.69, 9.17) is 0 Å². The molecule has 1 aliphatic rings. The summed E-state index contributed by atoms with van der Waals surface area (Å²) in [4.78, 5) is 6.82. The zero-order valence-corrected chi connectivity index (χ0v) is 13.3. The molecule has 2 unspecified atom stereocenters. The SMILES string of the molecule is CCCC1CNC(C)(CC)CN1CCCn1ccnc1. The number of hydrogen-bond acceptors (Lipinski definition) is 3. The van der Waals surface area contributed by atoms with E-state index in [0.29, 0.717) is 11.6 Å². The number of nitrogens with one attached hydrogen (secondary N) is 1. The van der Waals surface area contributed by atoms with Crippen molar-refractivity contribution < 1.29 is 0 Å². The van der Waals surface area contributed by atoms with Gasteiger partial charge in [0.2, 0.25) is 0 Å². The Balaban J connectivity index is 1.86. The third-order valence-corrected chi connectivity index (χ3v) is 4.66. The van der Waals surface area contributed by atoms with Gasteiger partial charge in [-0.1, -0.05) is 20.3 Å². The van der Waals surface area contributed by atoms with E-state index in [1.165, 1.54) is 38.8 Å². The lowest BCUT2D eigenvalue weighted by molar-refractivity contribution is 0.0770. The van der Waals surface area contributed by atoms with Crippen LogP contribution in [0, 0.1) is 0 Å². The lowest BCUT2D eigenvalue weighted by Crippen LogP contribution is -2.62. The molecule has 1 N–H and O–H groups in total. The van der Waals surface area contributed by atoms with Crippen LogP contribution in [0.2, 0.25) is 0 Å². The summed E-state index contributed by atoms with van der Waals surface area (Å²) in [5.41, 5.74) is 0.291. The first-order valence-electron chi connectivity index (χ1n) is 8.11. The van der Waals surface area contributed by atoms with Crippen molar-refractivity contribution in [3.05, 3.63) is 18.7 Å². The molecular formula is C16H30N4. The van der Waals surface area contributed by atoms with Crippen LogP contribution >= 0.6 is 0 Å². The maximum atomic E-state index is 4.11. The topological polar surface area (TPSA) is 33.1 Å². The fraction of sp³-hybridized carbons (Fsp3) is 0.812. The molecule has 2 heterocycles. The minimum atomic E-state index is 0.291. The largest absolute Gasteiger partial charge is 0.337 e. The Kier molecular flexibility index (Phi) is 5.61. The van der Waals surface area contributed by atoms with Crippen LogP contribution in [0.3, 0.4) is 0 Å². The summed E-state index contributed by atoms with van der Waals surface area (Å²) in [5.74, 6) is 0. The average molecular weight is 278 g/mol. The van der Waals surface area contributed by atoms with Crippen molar-refractivity contribution >= 4 is 0 Å². The molecule has 1 aliphatic heterocycles. The molecule has 4 heteroatoms. The van der Waals surface area contributed by atoms with Crippen molar-refractivity contribution in [3.63, 3.8) is 0 Å². The van der Waals surface area contributed by atoms with Gasteiger partial charge < -0.3 is 9.88 Å². The average Bonchev–Trinajstić information content (AvgIpc) is 2.95. The summed E-state index contributed by atoms with van der Waals surface area (Å²) < 4.78 is 2.18. The number of aromatic nitrogens is 2. The molecule has 4 nitrogen and oxygen atoms in total. The van der Waals surface area contributed by atoms with Gasteiger partial charge in [0, 0.05) is 50.2 Å². The molecule has 0 amide bonds. The first-order chi connectivity index (χ1) is 9.67. The van der Waals surface area contributed by atoms with Crippen molar-refractivity contribution in [2.45, 2.75) is 64.6 Å². The van der Waals surface area contributed by atoms with E-state index < -0.39 is 0 Å². The van der Waals surface area contributed by atoms with Gasteiger partial charge in [-0.25, -0.2) is 4.98 Å². The van der Waals surface area contributed by atoms with E-state index >= 15 is 0 Å². The van der Waals surface area contributed by atoms with Gasteiger partial charge in [0.15, 0.2) is 0 Å². The van der Waals surface area contributed by atoms with E-state index in [1.54, 1.807) is 0 Å². The van der Waals surface area contributed by atoms with Crippen LogP contribution in [-0.2, 0) is 6.54 Å². The predicted octanol–water partition coefficient (Wildman–Crippen LogP) is 2.52. The molecule has 1 aromatic heterocycles. The first-order valence-corrected chi connectivity index (χ1v) is 8.11. The molecule has 20 heavy (non-hydrogen) atoms. The van der Waals surface area contributed by atoms with Gasteiger partial charge in [-0.3, -0.25) is 4.90 Å². The number of nitrogens with zero attached hydrogens (tertiary/aromatic N) is 3. The van der Waals surface area contributed by atoms with Crippen LogP contribution in [0.1, 0.15) is 46.5 Å². The molecule has 0 radical (unpaired) electrons. The number of piperazine rings is 1. The zero-order valence-electron chi connectivity index (χ0n) is 13.3. The quantitative estimate of drug-likeness (QED) is 0.832. The molecule has 2 rings (SSSR count). The second-order valence-corrected chi connectivity index (χ2v) is 6.36. The molecule has 0 saturated carbocycles. The van der Waals surface area contributed by atoms with Crippen LogP contribution in [-0.4, -0.2) is 45.7 Å². The highest BCUT2D eigenvalue weighted by Gasteiger charge is 2.33. The first kappa shape index (κ1) is 15.5. The predicted molar refractivity (Wildman–Crippen MR) is 83.8 cm³/mol. The third-order valence-electron chi connectivity index (χ3n) is 4.66. The second-order valence-electron chi connectivity index (χ2n) is 6.36. The van der Waals surface area contributed by atoms with Crippen LogP contribution in [0.15, 0.2) is 18.7 Å². The molecule has 1 saturated heterocycles. The minimum absolute atomic E-state index is 0.291. The van der Waals surface area contributed by atoms with Gasteiger partial charge in [0.05, 0.1) is 6.33 Å². The van der Waals surface area contributed by atoms with Gasteiger partial charge in [-0.2, -0.15) is 0 Å². The number of hydrogen-bond donors (Lipinski definition) is 1. The minimum Gasteiger partial charge on any atom is -0.337 e. The lowest BCUT2D eigenvalue weighted by atomic mass is 9.92. The fourth-order valence-electron chi connectivity index (χ4n) is 3.12. The Bertz CT molecular complexity index is 376. The third kappa shape index (κ3) is 4.06. The van der Waals surface area contributed by atoms with E-state index in [2.05, 4.69) is 46.7 Å². The van der Waals surface area contributed by atoms with Crippen molar-refractivity contribution in [1.29, 1.82) is 0 Å². The van der Waals surface area contributed by atoms with E-state index in [9.17, 15) is 0 Å². The molecule has 114 valence electrons. The van der Waals surface area contributed by atoms with Crippen molar-refractivity contribution in [3.8, 4) is 0 Å². The second kappa shape index (κ2) is 7.23. The Labute approximate surface area is 123 Å². The smallest absolute Gasteiger partial charge is 0.0945 e. The normalized spacial score (nSPS) is 27.9. The van der Waals surface area contributed by atoms with Crippen LogP contribution in [0.25, 0.3) is 0 Å². The molecule has 0 aliphatic carbocycles. The summed E-state index contributed by atoms with van der Waals surface area (Å²) in [7, 11) is 0. The van der Waals surface area contributed by atoms with Crippen LogP contribution in [0.4, 0.5) is 0 Å². The summed E-state index contributed by atoms with van der Waals surface area (Å²) in [5, 5.41) is 3.76. The van der Waals surface area contributed by atoms with Crippen LogP contribution < -0.4 is 5.32 Å². The van der Waals surface area contributed by atoms with Gasteiger partial charge >= 0.3 is 0 Å². The van der Waals surface area contributed by atoms with Crippen molar-refractivity contribution in [2.75, 3.05) is 19.6 Å². The van der Waals surface area contributed by atoms with E-state index in [1.807, 2.05) is 12.5 Å². The molecule has 0 aromatic carbocycles. The maximum absolute atomic E-state index is 4.11.